The van der Waals surface area contributed by atoms with Crippen molar-refractivity contribution in [2.45, 2.75) is 32.9 Å². The molecule has 0 aliphatic carbocycles. The number of nitrogens with zero attached hydrogens (tertiary/aromatic N) is 2. The number of methoxy groups -OCH3 is 3. The molecule has 1 fully saturated rings. The highest BCUT2D eigenvalue weighted by Gasteiger charge is 2.26. The van der Waals surface area contributed by atoms with Crippen LogP contribution in [0.25, 0.3) is 22.3 Å². The molecule has 10 nitrogen and oxygen atoms in total. The normalized spacial score (nSPS) is 13.9. The Hall–Kier alpha value is -4.70. The number of hydrogen-bond acceptors (Lipinski definition) is 8. The largest absolute Gasteiger partial charge is 0.493 e. The smallest absolute Gasteiger partial charge is 0.410 e. The first-order valence-electron chi connectivity index (χ1n) is 14.5. The summed E-state index contributed by atoms with van der Waals surface area (Å²) in [5.41, 5.74) is 3.12. The van der Waals surface area contributed by atoms with E-state index in [1.54, 1.807) is 17.0 Å². The van der Waals surface area contributed by atoms with Gasteiger partial charge in [-0.25, -0.2) is 4.79 Å². The van der Waals surface area contributed by atoms with Crippen LogP contribution in [0.15, 0.2) is 65.1 Å². The van der Waals surface area contributed by atoms with Gasteiger partial charge >= 0.3 is 6.09 Å². The van der Waals surface area contributed by atoms with Gasteiger partial charge in [0.2, 0.25) is 5.75 Å². The Balaban J connectivity index is 1.30. The molecular formula is C34H39N3O7. The van der Waals surface area contributed by atoms with Gasteiger partial charge in [0.05, 0.1) is 27.0 Å². The van der Waals surface area contributed by atoms with Crippen LogP contribution in [0.1, 0.15) is 36.7 Å². The summed E-state index contributed by atoms with van der Waals surface area (Å²) in [7, 11) is 4.53. The van der Waals surface area contributed by atoms with Crippen molar-refractivity contribution in [3.63, 3.8) is 0 Å². The predicted octanol–water partition coefficient (Wildman–Crippen LogP) is 6.43. The molecule has 5 rings (SSSR count). The average molecular weight is 602 g/mol. The third-order valence-electron chi connectivity index (χ3n) is 7.38. The van der Waals surface area contributed by atoms with Crippen molar-refractivity contribution in [2.24, 2.45) is 0 Å². The number of nitrogens with one attached hydrogen (secondary N) is 1. The van der Waals surface area contributed by atoms with E-state index >= 15 is 0 Å². The first kappa shape index (κ1) is 30.7. The maximum absolute atomic E-state index is 13.3. The van der Waals surface area contributed by atoms with Gasteiger partial charge in [0, 0.05) is 49.2 Å². The van der Waals surface area contributed by atoms with Crippen molar-refractivity contribution in [2.75, 3.05) is 52.8 Å². The molecule has 0 unspecified atom stereocenters. The second kappa shape index (κ2) is 12.9. The molecule has 0 spiro atoms. The van der Waals surface area contributed by atoms with Crippen LogP contribution >= 0.6 is 0 Å². The van der Waals surface area contributed by atoms with Crippen LogP contribution < -0.4 is 19.5 Å². The highest BCUT2D eigenvalue weighted by Crippen LogP contribution is 2.39. The van der Waals surface area contributed by atoms with Crippen molar-refractivity contribution < 1.29 is 33.0 Å². The fourth-order valence-electron chi connectivity index (χ4n) is 5.21. The van der Waals surface area contributed by atoms with Gasteiger partial charge in [0.15, 0.2) is 11.5 Å². The van der Waals surface area contributed by atoms with E-state index in [2.05, 4.69) is 22.3 Å². The molecule has 1 aliphatic heterocycles. The van der Waals surface area contributed by atoms with E-state index in [1.807, 2.05) is 57.2 Å². The van der Waals surface area contributed by atoms with Crippen LogP contribution in [0.3, 0.4) is 0 Å². The standard InChI is InChI=1S/C34H39N3O7/c1-34(2,3)44-33(39)37-15-13-36(14-16-37)21-22-11-12-27-23(17-22)18-28(43-27)25-9-7-8-10-26(25)35-32(38)24-19-29(40-4)31(42-6)30(20-24)41-5/h7-12,17-20H,13-16,21H2,1-6H3,(H,35,38). The summed E-state index contributed by atoms with van der Waals surface area (Å²) in [5.74, 6) is 1.51. The van der Waals surface area contributed by atoms with Gasteiger partial charge in [-0.15, -0.1) is 0 Å². The van der Waals surface area contributed by atoms with Gasteiger partial charge in [0.1, 0.15) is 16.9 Å². The number of benzene rings is 3. The average Bonchev–Trinajstić information content (AvgIpc) is 3.43. The number of carbonyl (C=O) groups excluding carboxylic acids is 2. The lowest BCUT2D eigenvalue weighted by Gasteiger charge is -2.35. The minimum absolute atomic E-state index is 0.260. The number of fused-ring (bicyclic) bond motifs is 1. The number of piperazine rings is 1. The number of rotatable bonds is 8. The molecule has 1 saturated heterocycles. The van der Waals surface area contributed by atoms with Crippen LogP contribution in [0.2, 0.25) is 0 Å². The topological polar surface area (TPSA) is 103 Å². The summed E-state index contributed by atoms with van der Waals surface area (Å²) < 4.78 is 27.9. The maximum Gasteiger partial charge on any atom is 0.410 e. The van der Waals surface area contributed by atoms with E-state index in [1.165, 1.54) is 21.3 Å². The van der Waals surface area contributed by atoms with Crippen molar-refractivity contribution >= 4 is 28.7 Å². The first-order chi connectivity index (χ1) is 21.1. The summed E-state index contributed by atoms with van der Waals surface area (Å²) in [6, 6.07) is 18.9. The van der Waals surface area contributed by atoms with Gasteiger partial charge in [-0.05, 0) is 68.8 Å². The van der Waals surface area contributed by atoms with Crippen molar-refractivity contribution in [1.29, 1.82) is 0 Å². The molecule has 1 N–H and O–H groups in total. The molecule has 1 aliphatic rings. The van der Waals surface area contributed by atoms with E-state index in [0.29, 0.717) is 47.3 Å². The zero-order valence-electron chi connectivity index (χ0n) is 26.1. The van der Waals surface area contributed by atoms with Crippen molar-refractivity contribution in [3.8, 4) is 28.6 Å². The Morgan fingerprint density at radius 1 is 0.864 bits per heavy atom. The Kier molecular flexibility index (Phi) is 9.01. The lowest BCUT2D eigenvalue weighted by atomic mass is 10.1. The number of anilines is 1. The van der Waals surface area contributed by atoms with Crippen LogP contribution in [-0.2, 0) is 11.3 Å². The summed E-state index contributed by atoms with van der Waals surface area (Å²) >= 11 is 0. The van der Waals surface area contributed by atoms with Gasteiger partial charge in [0.25, 0.3) is 5.91 Å². The lowest BCUT2D eigenvalue weighted by Crippen LogP contribution is -2.49. The minimum atomic E-state index is -0.502. The maximum atomic E-state index is 13.3. The van der Waals surface area contributed by atoms with Crippen LogP contribution in [0.4, 0.5) is 10.5 Å². The number of ether oxygens (including phenoxy) is 4. The molecule has 232 valence electrons. The summed E-state index contributed by atoms with van der Waals surface area (Å²) in [6.07, 6.45) is -0.260. The van der Waals surface area contributed by atoms with E-state index in [4.69, 9.17) is 23.4 Å². The Bertz CT molecular complexity index is 1620. The molecule has 0 saturated carbocycles. The Morgan fingerprint density at radius 3 is 2.18 bits per heavy atom. The minimum Gasteiger partial charge on any atom is -0.493 e. The number of furan rings is 1. The predicted molar refractivity (Wildman–Crippen MR) is 169 cm³/mol. The molecule has 0 radical (unpaired) electrons. The summed E-state index contributed by atoms with van der Waals surface area (Å²) in [4.78, 5) is 29.8. The molecule has 1 aromatic heterocycles. The van der Waals surface area contributed by atoms with Gasteiger partial charge < -0.3 is 33.6 Å². The molecule has 10 heteroatoms. The van der Waals surface area contributed by atoms with Gasteiger partial charge in [-0.1, -0.05) is 18.2 Å². The monoisotopic (exact) mass is 601 g/mol. The van der Waals surface area contributed by atoms with E-state index < -0.39 is 5.60 Å². The number of hydrogen-bond donors (Lipinski definition) is 1. The second-order valence-corrected chi connectivity index (χ2v) is 11.6. The third-order valence-corrected chi connectivity index (χ3v) is 7.38. The fraction of sp³-hybridized carbons (Fsp3) is 0.353. The van der Waals surface area contributed by atoms with Crippen LogP contribution in [0, 0.1) is 0 Å². The molecule has 2 heterocycles. The first-order valence-corrected chi connectivity index (χ1v) is 14.5. The van der Waals surface area contributed by atoms with Crippen molar-refractivity contribution in [3.05, 3.63) is 71.8 Å². The highest BCUT2D eigenvalue weighted by molar-refractivity contribution is 6.07. The van der Waals surface area contributed by atoms with E-state index in [0.717, 1.165) is 41.7 Å². The Labute approximate surface area is 257 Å². The highest BCUT2D eigenvalue weighted by atomic mass is 16.6. The molecule has 0 atom stereocenters. The third kappa shape index (κ3) is 6.92. The van der Waals surface area contributed by atoms with E-state index in [-0.39, 0.29) is 12.0 Å². The molecular weight excluding hydrogens is 562 g/mol. The van der Waals surface area contributed by atoms with Gasteiger partial charge in [-0.2, -0.15) is 0 Å². The molecule has 0 bridgehead atoms. The SMILES string of the molecule is COc1cc(C(=O)Nc2ccccc2-c2cc3cc(CN4CCN(C(=O)OC(C)(C)C)CC4)ccc3o2)cc(OC)c1OC. The number of amides is 2. The fourth-order valence-corrected chi connectivity index (χ4v) is 5.21. The number of carbonyl (C=O) groups is 2. The molecule has 2 amide bonds. The zero-order valence-corrected chi connectivity index (χ0v) is 26.1. The summed E-state index contributed by atoms with van der Waals surface area (Å²) in [5, 5.41) is 3.97. The van der Waals surface area contributed by atoms with E-state index in [9.17, 15) is 9.59 Å². The number of para-hydroxylation sites is 1. The molecule has 3 aromatic carbocycles. The Morgan fingerprint density at radius 2 is 1.55 bits per heavy atom. The van der Waals surface area contributed by atoms with Crippen LogP contribution in [-0.4, -0.2) is 74.9 Å². The molecule has 44 heavy (non-hydrogen) atoms. The zero-order chi connectivity index (χ0) is 31.4. The van der Waals surface area contributed by atoms with Crippen LogP contribution in [0.5, 0.6) is 17.2 Å². The second-order valence-electron chi connectivity index (χ2n) is 11.6. The quantitative estimate of drug-likeness (QED) is 0.247. The summed E-state index contributed by atoms with van der Waals surface area (Å²) in [6.45, 7) is 9.21. The lowest BCUT2D eigenvalue weighted by molar-refractivity contribution is 0.0139. The van der Waals surface area contributed by atoms with Crippen molar-refractivity contribution in [1.82, 2.24) is 9.80 Å². The molecule has 4 aromatic rings. The van der Waals surface area contributed by atoms with Gasteiger partial charge in [-0.3, -0.25) is 9.69 Å².